The molecule has 2 aromatic heterocycles. The first-order valence-corrected chi connectivity index (χ1v) is 29.8. The predicted octanol–water partition coefficient (Wildman–Crippen LogP) is 20.0. The Morgan fingerprint density at radius 1 is 0.463 bits per heavy atom. The number of aryl methyl sites for hydroxylation is 1. The predicted molar refractivity (Wildman–Crippen MR) is 345 cm³/mol. The molecule has 2 aliphatic heterocycles. The maximum absolute atomic E-state index is 7.44. The zero-order chi connectivity index (χ0) is 55.4. The molecule has 4 aliphatic rings. The number of anilines is 5. The van der Waals surface area contributed by atoms with Crippen molar-refractivity contribution in [2.45, 2.75) is 96.8 Å². The van der Waals surface area contributed by atoms with Gasteiger partial charge in [-0.15, -0.1) is 0 Å². The number of fused-ring (bicyclic) bond motifs is 13. The van der Waals surface area contributed by atoms with Crippen LogP contribution in [-0.4, -0.2) is 6.85 Å². The van der Waals surface area contributed by atoms with Crippen LogP contribution in [0.4, 0.5) is 28.4 Å². The van der Waals surface area contributed by atoms with Gasteiger partial charge >= 0.3 is 6.85 Å². The van der Waals surface area contributed by atoms with E-state index in [-0.39, 0.29) is 23.1 Å². The zero-order valence-electron chi connectivity index (χ0n) is 48.0. The Morgan fingerprint density at radius 2 is 1.10 bits per heavy atom. The maximum atomic E-state index is 7.44. The second-order valence-electron chi connectivity index (χ2n) is 25.6. The van der Waals surface area contributed by atoms with Gasteiger partial charge in [-0.2, -0.15) is 0 Å². The molecule has 0 bridgehead atoms. The number of para-hydroxylation sites is 2. The minimum Gasteiger partial charge on any atom is -0.455 e. The SMILES string of the molecule is CCCCc1ccc(N2c3cc4c(-c5ccccc5)c(-c5ccccc5)oc4cc3B3c4c(cc5c(oc6ccccc65)c42)-c2cc4c(cc2N3c2ccccc2)C(C)(C)c2cc3c(cc2-4)C(C)(C)CCC3(C)C)c(-c2ccccc2)c1. The van der Waals surface area contributed by atoms with E-state index in [0.717, 1.165) is 103 Å². The van der Waals surface area contributed by atoms with Crippen LogP contribution in [0.25, 0.3) is 88.7 Å². The third kappa shape index (κ3) is 7.11. The van der Waals surface area contributed by atoms with E-state index in [1.54, 1.807) is 0 Å². The van der Waals surface area contributed by atoms with Crippen LogP contribution < -0.4 is 20.6 Å². The second-order valence-corrected chi connectivity index (χ2v) is 25.6. The van der Waals surface area contributed by atoms with Crippen molar-refractivity contribution in [3.63, 3.8) is 0 Å². The third-order valence-electron chi connectivity index (χ3n) is 19.5. The molecular weight excluding hydrogens is 996 g/mol. The summed E-state index contributed by atoms with van der Waals surface area (Å²) in [7, 11) is 0. The van der Waals surface area contributed by atoms with Crippen LogP contribution in [0.3, 0.4) is 0 Å². The fraction of sp³-hybridized carbons (Fsp3) is 0.195. The van der Waals surface area contributed by atoms with Gasteiger partial charge < -0.3 is 18.5 Å². The number of benzene rings is 10. The summed E-state index contributed by atoms with van der Waals surface area (Å²) in [5, 5.41) is 3.28. The first-order valence-electron chi connectivity index (χ1n) is 29.8. The monoisotopic (exact) mass is 1060 g/mol. The summed E-state index contributed by atoms with van der Waals surface area (Å²) in [6.45, 7) is 16.8. The molecule has 0 saturated heterocycles. The molecule has 16 rings (SSSR count). The highest BCUT2D eigenvalue weighted by molar-refractivity contribution is 6.94. The van der Waals surface area contributed by atoms with E-state index in [4.69, 9.17) is 8.83 Å². The molecule has 0 N–H and O–H groups in total. The lowest BCUT2D eigenvalue weighted by molar-refractivity contribution is 0.331. The molecule has 0 radical (unpaired) electrons. The topological polar surface area (TPSA) is 32.8 Å². The molecule has 0 amide bonds. The number of hydrogen-bond acceptors (Lipinski definition) is 4. The Labute approximate surface area is 481 Å². The summed E-state index contributed by atoms with van der Waals surface area (Å²) in [4.78, 5) is 5.26. The highest BCUT2D eigenvalue weighted by atomic mass is 16.3. The van der Waals surface area contributed by atoms with Crippen LogP contribution in [0, 0.1) is 0 Å². The lowest BCUT2D eigenvalue weighted by Gasteiger charge is -2.46. The molecule has 82 heavy (non-hydrogen) atoms. The Bertz CT molecular complexity index is 4590. The van der Waals surface area contributed by atoms with Crippen LogP contribution in [0.1, 0.15) is 102 Å². The molecule has 0 spiro atoms. The van der Waals surface area contributed by atoms with Crippen molar-refractivity contribution in [2.24, 2.45) is 0 Å². The van der Waals surface area contributed by atoms with Gasteiger partial charge in [0.05, 0.1) is 11.4 Å². The molecule has 2 aliphatic carbocycles. The molecule has 4 heterocycles. The first kappa shape index (κ1) is 49.1. The molecule has 0 atom stereocenters. The molecule has 10 aromatic carbocycles. The van der Waals surface area contributed by atoms with E-state index >= 15 is 0 Å². The summed E-state index contributed by atoms with van der Waals surface area (Å²) in [6, 6.07) is 77.3. The highest BCUT2D eigenvalue weighted by Crippen LogP contribution is 2.59. The van der Waals surface area contributed by atoms with Crippen LogP contribution in [0.5, 0.6) is 0 Å². The van der Waals surface area contributed by atoms with Gasteiger partial charge in [-0.3, -0.25) is 0 Å². The van der Waals surface area contributed by atoms with Crippen LogP contribution in [0.2, 0.25) is 0 Å². The van der Waals surface area contributed by atoms with Crippen LogP contribution >= 0.6 is 0 Å². The van der Waals surface area contributed by atoms with Crippen molar-refractivity contribution in [3.05, 3.63) is 234 Å². The highest BCUT2D eigenvalue weighted by Gasteiger charge is 2.50. The summed E-state index contributed by atoms with van der Waals surface area (Å²) in [6.07, 6.45) is 5.60. The van der Waals surface area contributed by atoms with E-state index in [1.165, 1.54) is 85.2 Å². The number of nitrogens with zero attached hydrogens (tertiary/aromatic N) is 2. The van der Waals surface area contributed by atoms with Gasteiger partial charge in [-0.25, -0.2) is 0 Å². The van der Waals surface area contributed by atoms with Crippen molar-refractivity contribution in [3.8, 4) is 55.8 Å². The van der Waals surface area contributed by atoms with Gasteiger partial charge in [-0.05, 0) is 170 Å². The average Bonchev–Trinajstić information content (AvgIpc) is 1.64. The van der Waals surface area contributed by atoms with Gasteiger partial charge in [0.25, 0.3) is 0 Å². The van der Waals surface area contributed by atoms with E-state index in [2.05, 4.69) is 264 Å². The third-order valence-corrected chi connectivity index (χ3v) is 19.5. The lowest BCUT2D eigenvalue weighted by atomic mass is 9.43. The van der Waals surface area contributed by atoms with Gasteiger partial charge in [0.1, 0.15) is 16.9 Å². The normalized spacial score (nSPS) is 15.8. The molecule has 4 nitrogen and oxygen atoms in total. The van der Waals surface area contributed by atoms with Crippen molar-refractivity contribution in [2.75, 3.05) is 9.71 Å². The van der Waals surface area contributed by atoms with Crippen molar-refractivity contribution >= 4 is 79.1 Å². The molecule has 0 fully saturated rings. The Kier molecular flexibility index (Phi) is 10.7. The fourth-order valence-corrected chi connectivity index (χ4v) is 15.0. The lowest BCUT2D eigenvalue weighted by Crippen LogP contribution is -2.61. The molecule has 0 saturated carbocycles. The minimum atomic E-state index is -0.304. The largest absolute Gasteiger partial charge is 0.455 e. The van der Waals surface area contributed by atoms with Crippen molar-refractivity contribution in [1.82, 2.24) is 0 Å². The van der Waals surface area contributed by atoms with E-state index in [1.807, 2.05) is 0 Å². The smallest absolute Gasteiger partial charge is 0.333 e. The van der Waals surface area contributed by atoms with Gasteiger partial charge in [0.15, 0.2) is 5.58 Å². The Morgan fingerprint density at radius 3 is 1.82 bits per heavy atom. The summed E-state index contributed by atoms with van der Waals surface area (Å²) in [5.74, 6) is 0.860. The second kappa shape index (κ2) is 17.9. The Balaban J connectivity index is 1.07. The number of unbranched alkanes of at least 4 members (excludes halogenated alkanes) is 1. The van der Waals surface area contributed by atoms with Gasteiger partial charge in [0.2, 0.25) is 0 Å². The van der Waals surface area contributed by atoms with E-state index in [9.17, 15) is 0 Å². The standard InChI is InChI=1S/C77H65BN2O2/c1-8-9-24-47-35-36-65(53(39-47)48-25-14-10-15-26-48)79-67-43-59-69(82-73(50-29-18-12-19-30-50)70(59)49-27-16-11-17-28-49)46-64(67)78-71-57(41-58-52-33-22-23-34-68(52)81-74(58)72(71)79)56-40-54-55-42-62-63(76(4,5)38-37-75(62,2)3)44-60(55)77(6,7)61(54)45-66(56)80(78)51-31-20-13-21-32-51/h10-23,25-36,39-46H,8-9,24,37-38H2,1-7H3. The van der Waals surface area contributed by atoms with Crippen LogP contribution in [0.15, 0.2) is 215 Å². The molecule has 398 valence electrons. The first-order chi connectivity index (χ1) is 39.9. The number of hydrogen-bond donors (Lipinski definition) is 0. The zero-order valence-corrected chi connectivity index (χ0v) is 48.0. The summed E-state index contributed by atoms with van der Waals surface area (Å²) in [5.41, 5.74) is 28.3. The van der Waals surface area contributed by atoms with E-state index in [0.29, 0.717) is 0 Å². The molecular formula is C77H65BN2O2. The summed E-state index contributed by atoms with van der Waals surface area (Å²) >= 11 is 0. The van der Waals surface area contributed by atoms with Crippen molar-refractivity contribution < 1.29 is 8.83 Å². The number of furan rings is 2. The Hall–Kier alpha value is -8.80. The average molecular weight is 1060 g/mol. The maximum Gasteiger partial charge on any atom is 0.333 e. The molecule has 5 heteroatoms. The molecule has 0 unspecified atom stereocenters. The fourth-order valence-electron chi connectivity index (χ4n) is 15.0. The van der Waals surface area contributed by atoms with E-state index < -0.39 is 0 Å². The number of rotatable bonds is 8. The molecule has 12 aromatic rings. The van der Waals surface area contributed by atoms with Crippen molar-refractivity contribution in [1.29, 1.82) is 0 Å². The van der Waals surface area contributed by atoms with Gasteiger partial charge in [-0.1, -0.05) is 194 Å². The summed E-state index contributed by atoms with van der Waals surface area (Å²) < 4.78 is 14.8. The quantitative estimate of drug-likeness (QED) is 0.142. The van der Waals surface area contributed by atoms with Crippen LogP contribution in [-0.2, 0) is 22.7 Å². The minimum absolute atomic E-state index is 0.0670. The van der Waals surface area contributed by atoms with Gasteiger partial charge in [0, 0.05) is 60.9 Å².